The third-order valence-corrected chi connectivity index (χ3v) is 4.65. The Kier molecular flexibility index (Phi) is 5.21. The van der Waals surface area contributed by atoms with Gasteiger partial charge in [-0.25, -0.2) is 8.42 Å². The number of benzene rings is 1. The number of thiocarbonyl (C=S) groups is 1. The van der Waals surface area contributed by atoms with E-state index in [9.17, 15) is 13.2 Å². The van der Waals surface area contributed by atoms with Gasteiger partial charge >= 0.3 is 0 Å². The molecule has 0 bridgehead atoms. The van der Waals surface area contributed by atoms with Crippen molar-refractivity contribution in [2.24, 2.45) is 5.73 Å². The highest BCUT2D eigenvalue weighted by atomic mass is 32.2. The molecule has 1 rings (SSSR count). The molecule has 1 unspecified atom stereocenters. The van der Waals surface area contributed by atoms with Crippen LogP contribution < -0.4 is 15.8 Å². The third kappa shape index (κ3) is 3.75. The topological polar surface area (TPSA) is 101 Å². The summed E-state index contributed by atoms with van der Waals surface area (Å²) in [5.41, 5.74) is 6.50. The van der Waals surface area contributed by atoms with Crippen LogP contribution in [0.3, 0.4) is 0 Å². The van der Waals surface area contributed by atoms with Gasteiger partial charge in [0, 0.05) is 12.6 Å². The summed E-state index contributed by atoms with van der Waals surface area (Å²) in [4.78, 5) is 11.6. The maximum Gasteiger partial charge on any atom is 0.241 e. The van der Waals surface area contributed by atoms with Crippen molar-refractivity contribution in [3.63, 3.8) is 0 Å². The molecule has 1 amide bonds. The Morgan fingerprint density at radius 2 is 2.00 bits per heavy atom. The molecule has 6 nitrogen and oxygen atoms in total. The first-order valence-electron chi connectivity index (χ1n) is 5.83. The molecule has 20 heavy (non-hydrogen) atoms. The normalized spacial score (nSPS) is 12.8. The highest BCUT2D eigenvalue weighted by Crippen LogP contribution is 2.17. The highest BCUT2D eigenvalue weighted by Gasteiger charge is 2.23. The van der Waals surface area contributed by atoms with Gasteiger partial charge in [0.2, 0.25) is 15.9 Å². The standard InChI is InChI=1S/C12H17N3O3S2/c1-7-4-5-9(11(13)19)6-10(7)20(17,18)15-8(2)12(16)14-3/h4-6,8,15H,1-3H3,(H2,13,19)(H,14,16). The Labute approximate surface area is 123 Å². The lowest BCUT2D eigenvalue weighted by Crippen LogP contribution is -2.43. The van der Waals surface area contributed by atoms with Crippen LogP contribution >= 0.6 is 12.2 Å². The molecule has 0 saturated carbocycles. The van der Waals surface area contributed by atoms with Crippen LogP contribution in [0.15, 0.2) is 23.1 Å². The molecule has 8 heteroatoms. The van der Waals surface area contributed by atoms with Gasteiger partial charge in [0.15, 0.2) is 0 Å². The highest BCUT2D eigenvalue weighted by molar-refractivity contribution is 7.89. The van der Waals surface area contributed by atoms with E-state index in [1.54, 1.807) is 19.1 Å². The summed E-state index contributed by atoms with van der Waals surface area (Å²) in [5.74, 6) is -0.420. The number of nitrogens with two attached hydrogens (primary N) is 1. The fourth-order valence-electron chi connectivity index (χ4n) is 1.61. The van der Waals surface area contributed by atoms with Crippen molar-refractivity contribution < 1.29 is 13.2 Å². The molecule has 0 saturated heterocycles. The summed E-state index contributed by atoms with van der Waals surface area (Å²) in [6.45, 7) is 3.12. The maximum absolute atomic E-state index is 12.3. The molecule has 1 aromatic rings. The predicted molar refractivity (Wildman–Crippen MR) is 80.9 cm³/mol. The second-order valence-electron chi connectivity index (χ2n) is 4.30. The molecule has 0 aliphatic rings. The van der Waals surface area contributed by atoms with Crippen LogP contribution in [0.1, 0.15) is 18.1 Å². The van der Waals surface area contributed by atoms with Crippen molar-refractivity contribution in [2.75, 3.05) is 7.05 Å². The fourth-order valence-corrected chi connectivity index (χ4v) is 3.21. The SMILES string of the molecule is CNC(=O)C(C)NS(=O)(=O)c1cc(C(N)=S)ccc1C. The van der Waals surface area contributed by atoms with E-state index < -0.39 is 22.0 Å². The van der Waals surface area contributed by atoms with Gasteiger partial charge in [-0.05, 0) is 25.5 Å². The van der Waals surface area contributed by atoms with Crippen LogP contribution in [-0.2, 0) is 14.8 Å². The summed E-state index contributed by atoms with van der Waals surface area (Å²) in [5, 5.41) is 2.38. The zero-order chi connectivity index (χ0) is 15.5. The molecule has 4 N–H and O–H groups in total. The van der Waals surface area contributed by atoms with Gasteiger partial charge in [-0.1, -0.05) is 24.4 Å². The van der Waals surface area contributed by atoms with Crippen LogP contribution in [0.25, 0.3) is 0 Å². The quantitative estimate of drug-likeness (QED) is 0.666. The van der Waals surface area contributed by atoms with Gasteiger partial charge in [-0.2, -0.15) is 4.72 Å². The van der Waals surface area contributed by atoms with Crippen molar-refractivity contribution in [3.05, 3.63) is 29.3 Å². The monoisotopic (exact) mass is 315 g/mol. The van der Waals surface area contributed by atoms with E-state index in [-0.39, 0.29) is 9.88 Å². The number of nitrogens with one attached hydrogen (secondary N) is 2. The van der Waals surface area contributed by atoms with Gasteiger partial charge in [-0.15, -0.1) is 0 Å². The molecule has 0 spiro atoms. The van der Waals surface area contributed by atoms with Crippen LogP contribution in [0, 0.1) is 6.92 Å². The Bertz CT molecular complexity index is 641. The first-order chi connectivity index (χ1) is 9.19. The molecular formula is C12H17N3O3S2. The third-order valence-electron chi connectivity index (χ3n) is 2.73. The summed E-state index contributed by atoms with van der Waals surface area (Å²) < 4.78 is 26.9. The number of aryl methyl sites for hydroxylation is 1. The minimum absolute atomic E-state index is 0.0542. The predicted octanol–water partition coefficient (Wildman–Crippen LogP) is 0.0420. The number of sulfonamides is 1. The minimum Gasteiger partial charge on any atom is -0.389 e. The van der Waals surface area contributed by atoms with Crippen LogP contribution in [-0.4, -0.2) is 32.4 Å². The lowest BCUT2D eigenvalue weighted by Gasteiger charge is -2.15. The number of likely N-dealkylation sites (N-methyl/N-ethyl adjacent to an activating group) is 1. The molecule has 0 heterocycles. The molecule has 110 valence electrons. The lowest BCUT2D eigenvalue weighted by molar-refractivity contribution is -0.121. The van der Waals surface area contributed by atoms with Gasteiger partial charge in [0.05, 0.1) is 10.9 Å². The second kappa shape index (κ2) is 6.29. The Balaban J connectivity index is 3.18. The molecule has 0 aromatic heterocycles. The lowest BCUT2D eigenvalue weighted by atomic mass is 10.1. The van der Waals surface area contributed by atoms with Gasteiger partial charge in [-0.3, -0.25) is 4.79 Å². The zero-order valence-electron chi connectivity index (χ0n) is 11.4. The largest absolute Gasteiger partial charge is 0.389 e. The number of amides is 1. The Morgan fingerprint density at radius 3 is 2.50 bits per heavy atom. The van der Waals surface area contributed by atoms with Crippen LogP contribution in [0.5, 0.6) is 0 Å². The van der Waals surface area contributed by atoms with Gasteiger partial charge in [0.1, 0.15) is 4.99 Å². The van der Waals surface area contributed by atoms with E-state index >= 15 is 0 Å². The molecule has 0 fully saturated rings. The Hall–Kier alpha value is -1.51. The van der Waals surface area contributed by atoms with Crippen molar-refractivity contribution in [1.29, 1.82) is 0 Å². The molecule has 0 aliphatic carbocycles. The molecule has 0 aliphatic heterocycles. The minimum atomic E-state index is -3.83. The number of rotatable bonds is 5. The van der Waals surface area contributed by atoms with E-state index in [1.165, 1.54) is 20.0 Å². The number of carbonyl (C=O) groups excluding carboxylic acids is 1. The first kappa shape index (κ1) is 16.5. The number of hydrogen-bond acceptors (Lipinski definition) is 4. The second-order valence-corrected chi connectivity index (χ2v) is 6.42. The zero-order valence-corrected chi connectivity index (χ0v) is 13.1. The number of hydrogen-bond donors (Lipinski definition) is 3. The van der Waals surface area contributed by atoms with Gasteiger partial charge < -0.3 is 11.1 Å². The fraction of sp³-hybridized carbons (Fsp3) is 0.333. The van der Waals surface area contributed by atoms with E-state index in [0.29, 0.717) is 11.1 Å². The summed E-state index contributed by atoms with van der Waals surface area (Å²) >= 11 is 4.83. The average Bonchev–Trinajstić information content (AvgIpc) is 2.37. The Morgan fingerprint density at radius 1 is 1.40 bits per heavy atom. The van der Waals surface area contributed by atoms with Crippen molar-refractivity contribution in [2.45, 2.75) is 24.8 Å². The molecule has 1 aromatic carbocycles. The first-order valence-corrected chi connectivity index (χ1v) is 7.72. The average molecular weight is 315 g/mol. The van der Waals surface area contributed by atoms with Crippen LogP contribution in [0.4, 0.5) is 0 Å². The molecule has 0 radical (unpaired) electrons. The summed E-state index contributed by atoms with van der Waals surface area (Å²) in [6, 6.07) is 3.79. The summed E-state index contributed by atoms with van der Waals surface area (Å²) in [7, 11) is -2.39. The summed E-state index contributed by atoms with van der Waals surface area (Å²) in [6.07, 6.45) is 0. The smallest absolute Gasteiger partial charge is 0.241 e. The number of carbonyl (C=O) groups is 1. The van der Waals surface area contributed by atoms with Crippen molar-refractivity contribution in [3.8, 4) is 0 Å². The van der Waals surface area contributed by atoms with E-state index in [4.69, 9.17) is 18.0 Å². The van der Waals surface area contributed by atoms with Crippen molar-refractivity contribution >= 4 is 33.1 Å². The molecule has 1 atom stereocenters. The van der Waals surface area contributed by atoms with Crippen LogP contribution in [0.2, 0.25) is 0 Å². The van der Waals surface area contributed by atoms with E-state index in [0.717, 1.165) is 0 Å². The molecular weight excluding hydrogens is 298 g/mol. The van der Waals surface area contributed by atoms with Crippen molar-refractivity contribution in [1.82, 2.24) is 10.0 Å². The maximum atomic E-state index is 12.3. The van der Waals surface area contributed by atoms with E-state index in [1.807, 2.05) is 0 Å². The van der Waals surface area contributed by atoms with Gasteiger partial charge in [0.25, 0.3) is 0 Å². The van der Waals surface area contributed by atoms with E-state index in [2.05, 4.69) is 10.0 Å².